The Morgan fingerprint density at radius 1 is 1.00 bits per heavy atom. The largest absolute Gasteiger partial charge is 0.480 e. The minimum atomic E-state index is -1.13. The molecule has 0 radical (unpaired) electrons. The van der Waals surface area contributed by atoms with E-state index >= 15 is 0 Å². The molecule has 1 saturated carbocycles. The Bertz CT molecular complexity index is 1050. The summed E-state index contributed by atoms with van der Waals surface area (Å²) in [6, 6.07) is -1.99. The molecule has 11 unspecified atom stereocenters. The van der Waals surface area contributed by atoms with E-state index in [9.17, 15) is 24.3 Å². The third-order valence-electron chi connectivity index (χ3n) is 10.0. The van der Waals surface area contributed by atoms with E-state index in [1.54, 1.807) is 6.92 Å². The van der Waals surface area contributed by atoms with Crippen molar-refractivity contribution in [1.82, 2.24) is 10.6 Å². The maximum Gasteiger partial charge on any atom is 0.326 e. The summed E-state index contributed by atoms with van der Waals surface area (Å²) < 4.78 is 18.4. The molecule has 3 N–H and O–H groups in total. The van der Waals surface area contributed by atoms with Crippen LogP contribution in [0.3, 0.4) is 0 Å². The molecule has 11 atom stereocenters. The average molecular weight is 611 g/mol. The van der Waals surface area contributed by atoms with Crippen LogP contribution >= 0.6 is 0 Å². The lowest BCUT2D eigenvalue weighted by atomic mass is 9.58. The SMILES string of the molecule is CCC(C)C(NC(=O)C(CC(C)C)NC(=O)CCC(=O)OC1OC2OC3(C)CCC4C(C)CCC(C1C)C24OO3)C(=O)O. The Kier molecular flexibility index (Phi) is 10.5. The van der Waals surface area contributed by atoms with Crippen molar-refractivity contribution in [1.29, 1.82) is 0 Å². The molecule has 0 aromatic carbocycles. The Morgan fingerprint density at radius 3 is 2.37 bits per heavy atom. The number of carboxylic acid groups (broad SMARTS) is 1. The molecule has 244 valence electrons. The predicted octanol–water partition coefficient (Wildman–Crippen LogP) is 3.66. The molecule has 12 nitrogen and oxygen atoms in total. The van der Waals surface area contributed by atoms with E-state index in [0.717, 1.165) is 19.3 Å². The van der Waals surface area contributed by atoms with E-state index in [-0.39, 0.29) is 42.4 Å². The molecule has 0 aromatic heterocycles. The second-order valence-electron chi connectivity index (χ2n) is 13.7. The fraction of sp³-hybridized carbons (Fsp3) is 0.871. The average Bonchev–Trinajstić information content (AvgIpc) is 3.17. The lowest BCUT2D eigenvalue weighted by Crippen LogP contribution is -2.70. The molecule has 5 aliphatic rings. The standard InChI is InChI=1S/C31H50N2O10/c1-8-17(4)25(27(37)38)33-26(36)22(15-16(2)3)32-23(34)11-12-24(35)39-28-19(6)21-10-9-18(5)20-13-14-30(7)41-29(40-28)31(20,21)43-42-30/h16-22,25,28-29H,8-15H2,1-7H3,(H,32,34)(H,33,36)(H,37,38). The van der Waals surface area contributed by atoms with Gasteiger partial charge in [-0.15, -0.1) is 0 Å². The van der Waals surface area contributed by atoms with Crippen molar-refractivity contribution in [2.45, 2.75) is 136 Å². The molecule has 1 spiro atoms. The number of nitrogens with one attached hydrogen (secondary N) is 2. The normalized spacial score (nSPS) is 36.9. The minimum Gasteiger partial charge on any atom is -0.480 e. The number of esters is 1. The number of carboxylic acids is 1. The number of fused-ring (bicyclic) bond motifs is 2. The van der Waals surface area contributed by atoms with Crippen molar-refractivity contribution in [2.24, 2.45) is 35.5 Å². The number of aliphatic carboxylic acids is 1. The van der Waals surface area contributed by atoms with Gasteiger partial charge in [-0.05, 0) is 56.3 Å². The molecule has 5 rings (SSSR count). The number of carbonyl (C=O) groups excluding carboxylic acids is 3. The monoisotopic (exact) mass is 610 g/mol. The first kappa shape index (κ1) is 33.6. The molecule has 0 aromatic rings. The highest BCUT2D eigenvalue weighted by molar-refractivity contribution is 5.91. The van der Waals surface area contributed by atoms with Crippen LogP contribution in [0.15, 0.2) is 0 Å². The van der Waals surface area contributed by atoms with Crippen LogP contribution in [0.5, 0.6) is 0 Å². The minimum absolute atomic E-state index is 0.00319. The number of rotatable bonds is 12. The van der Waals surface area contributed by atoms with Gasteiger partial charge in [0, 0.05) is 24.7 Å². The van der Waals surface area contributed by atoms with E-state index in [1.807, 2.05) is 34.6 Å². The summed E-state index contributed by atoms with van der Waals surface area (Å²) >= 11 is 0. The number of carbonyl (C=O) groups is 4. The second-order valence-corrected chi connectivity index (χ2v) is 13.7. The molecule has 4 heterocycles. The van der Waals surface area contributed by atoms with Crippen LogP contribution in [0.1, 0.15) is 99.8 Å². The summed E-state index contributed by atoms with van der Waals surface area (Å²) in [5.74, 6) is -3.55. The second kappa shape index (κ2) is 13.4. The van der Waals surface area contributed by atoms with Crippen molar-refractivity contribution in [2.75, 3.05) is 0 Å². The van der Waals surface area contributed by atoms with E-state index in [1.165, 1.54) is 0 Å². The van der Waals surface area contributed by atoms with Gasteiger partial charge in [0.25, 0.3) is 0 Å². The van der Waals surface area contributed by atoms with Crippen molar-refractivity contribution >= 4 is 23.8 Å². The quantitative estimate of drug-likeness (QED) is 0.220. The maximum absolute atomic E-state index is 13.0. The molecule has 4 saturated heterocycles. The number of hydrogen-bond donors (Lipinski definition) is 3. The Morgan fingerprint density at radius 2 is 1.72 bits per heavy atom. The molecule has 2 amide bonds. The van der Waals surface area contributed by atoms with Crippen molar-refractivity contribution < 1.29 is 48.3 Å². The van der Waals surface area contributed by atoms with Gasteiger partial charge in [-0.2, -0.15) is 0 Å². The molecule has 12 heteroatoms. The summed E-state index contributed by atoms with van der Waals surface area (Å²) in [5.41, 5.74) is -0.767. The van der Waals surface area contributed by atoms with Crippen LogP contribution in [-0.2, 0) is 43.2 Å². The summed E-state index contributed by atoms with van der Waals surface area (Å²) in [7, 11) is 0. The van der Waals surface area contributed by atoms with E-state index in [4.69, 9.17) is 24.0 Å². The smallest absolute Gasteiger partial charge is 0.326 e. The van der Waals surface area contributed by atoms with Gasteiger partial charge in [-0.25, -0.2) is 14.6 Å². The molecule has 43 heavy (non-hydrogen) atoms. The van der Waals surface area contributed by atoms with Crippen molar-refractivity contribution in [3.8, 4) is 0 Å². The molecular weight excluding hydrogens is 560 g/mol. The molecule has 1 aliphatic carbocycles. The Hall–Kier alpha value is -2.28. The highest BCUT2D eigenvalue weighted by Crippen LogP contribution is 2.60. The van der Waals surface area contributed by atoms with Gasteiger partial charge in [0.1, 0.15) is 12.1 Å². The highest BCUT2D eigenvalue weighted by Gasteiger charge is 2.69. The van der Waals surface area contributed by atoms with E-state index < -0.39 is 59.8 Å². The fourth-order valence-corrected chi connectivity index (χ4v) is 7.32. The van der Waals surface area contributed by atoms with Crippen LogP contribution in [0.4, 0.5) is 0 Å². The first-order valence-electron chi connectivity index (χ1n) is 15.9. The van der Waals surface area contributed by atoms with Crippen LogP contribution < -0.4 is 10.6 Å². The molecular formula is C31H50N2O10. The van der Waals surface area contributed by atoms with Gasteiger partial charge in [-0.1, -0.05) is 48.0 Å². The van der Waals surface area contributed by atoms with Gasteiger partial charge in [0.05, 0.1) is 6.42 Å². The zero-order chi connectivity index (χ0) is 31.7. The van der Waals surface area contributed by atoms with Gasteiger partial charge in [0.2, 0.25) is 23.9 Å². The van der Waals surface area contributed by atoms with Crippen molar-refractivity contribution in [3.63, 3.8) is 0 Å². The highest BCUT2D eigenvalue weighted by atomic mass is 17.3. The van der Waals surface area contributed by atoms with Gasteiger partial charge in [0.15, 0.2) is 11.9 Å². The Labute approximate surface area is 254 Å². The zero-order valence-corrected chi connectivity index (χ0v) is 26.6. The third kappa shape index (κ3) is 7.02. The van der Waals surface area contributed by atoms with Gasteiger partial charge >= 0.3 is 11.9 Å². The summed E-state index contributed by atoms with van der Waals surface area (Å²) in [5, 5.41) is 14.8. The fourth-order valence-electron chi connectivity index (χ4n) is 7.32. The predicted molar refractivity (Wildman–Crippen MR) is 153 cm³/mol. The number of amides is 2. The third-order valence-corrected chi connectivity index (χ3v) is 10.0. The molecule has 2 bridgehead atoms. The van der Waals surface area contributed by atoms with Crippen LogP contribution in [0.2, 0.25) is 0 Å². The summed E-state index contributed by atoms with van der Waals surface area (Å²) in [4.78, 5) is 62.4. The van der Waals surface area contributed by atoms with Crippen molar-refractivity contribution in [3.05, 3.63) is 0 Å². The van der Waals surface area contributed by atoms with E-state index in [2.05, 4.69) is 17.6 Å². The van der Waals surface area contributed by atoms with Gasteiger partial charge in [-0.3, -0.25) is 14.4 Å². The first-order valence-corrected chi connectivity index (χ1v) is 15.9. The summed E-state index contributed by atoms with van der Waals surface area (Å²) in [6.07, 6.45) is 2.31. The maximum atomic E-state index is 13.0. The number of ether oxygens (including phenoxy) is 3. The van der Waals surface area contributed by atoms with Crippen LogP contribution in [0, 0.1) is 35.5 Å². The van der Waals surface area contributed by atoms with E-state index in [0.29, 0.717) is 25.2 Å². The lowest BCUT2D eigenvalue weighted by molar-refractivity contribution is -0.576. The molecule has 5 fully saturated rings. The summed E-state index contributed by atoms with van der Waals surface area (Å²) in [6.45, 7) is 13.4. The molecule has 4 aliphatic heterocycles. The van der Waals surface area contributed by atoms with Gasteiger partial charge < -0.3 is 30.0 Å². The Balaban J connectivity index is 1.35. The first-order chi connectivity index (χ1) is 20.2. The van der Waals surface area contributed by atoms with Crippen LogP contribution in [0.25, 0.3) is 0 Å². The lowest BCUT2D eigenvalue weighted by Gasteiger charge is -2.59. The number of hydrogen-bond acceptors (Lipinski definition) is 9. The topological polar surface area (TPSA) is 159 Å². The zero-order valence-electron chi connectivity index (χ0n) is 26.6. The van der Waals surface area contributed by atoms with Crippen LogP contribution in [-0.4, -0.2) is 64.9 Å².